The molecule has 5 rings (SSSR count). The van der Waals surface area contributed by atoms with Crippen molar-refractivity contribution in [1.82, 2.24) is 19.9 Å². The van der Waals surface area contributed by atoms with Crippen LogP contribution in [0.3, 0.4) is 0 Å². The minimum atomic E-state index is -0.698. The minimum Gasteiger partial charge on any atom is -0.331 e. The van der Waals surface area contributed by atoms with Crippen LogP contribution >= 0.6 is 0 Å². The van der Waals surface area contributed by atoms with Crippen molar-refractivity contribution < 1.29 is 14.0 Å². The Morgan fingerprint density at radius 3 is 2.55 bits per heavy atom. The Balaban J connectivity index is 1.29. The third kappa shape index (κ3) is 5.65. The molecule has 4 aromatic rings. The number of carbonyl (C=O) groups is 2. The number of fused-ring (bicyclic) bond motifs is 1. The Kier molecular flexibility index (Phi) is 7.60. The van der Waals surface area contributed by atoms with Gasteiger partial charge in [-0.2, -0.15) is 0 Å². The lowest BCUT2D eigenvalue weighted by Gasteiger charge is -2.26. The predicted octanol–water partition coefficient (Wildman–Crippen LogP) is 3.95. The minimum absolute atomic E-state index is 0.0115. The zero-order valence-electron chi connectivity index (χ0n) is 21.5. The van der Waals surface area contributed by atoms with Crippen LogP contribution in [0.5, 0.6) is 0 Å². The maximum Gasteiger partial charge on any atom is 0.240 e. The van der Waals surface area contributed by atoms with E-state index in [1.165, 1.54) is 12.1 Å². The molecule has 196 valence electrons. The van der Waals surface area contributed by atoms with Crippen LogP contribution < -0.4 is 5.73 Å². The largest absolute Gasteiger partial charge is 0.331 e. The zero-order chi connectivity index (χ0) is 26.6. The molecule has 0 bridgehead atoms. The van der Waals surface area contributed by atoms with Gasteiger partial charge in [-0.05, 0) is 66.6 Å². The molecule has 3 aromatic carbocycles. The van der Waals surface area contributed by atoms with Gasteiger partial charge in [-0.25, -0.2) is 9.07 Å². The lowest BCUT2D eigenvalue weighted by Crippen LogP contribution is -2.48. The second-order valence-electron chi connectivity index (χ2n) is 10.1. The smallest absolute Gasteiger partial charge is 0.240 e. The first-order chi connectivity index (χ1) is 18.4. The van der Waals surface area contributed by atoms with Crippen LogP contribution in [0.4, 0.5) is 4.39 Å². The third-order valence-corrected chi connectivity index (χ3v) is 7.54. The van der Waals surface area contributed by atoms with Crippen molar-refractivity contribution in [3.8, 4) is 0 Å². The second-order valence-corrected chi connectivity index (χ2v) is 10.1. The first-order valence-electron chi connectivity index (χ1n) is 13.1. The number of hydrogen-bond donors (Lipinski definition) is 1. The summed E-state index contributed by atoms with van der Waals surface area (Å²) in [6, 6.07) is 20.9. The van der Waals surface area contributed by atoms with Gasteiger partial charge in [0.05, 0.1) is 17.6 Å². The van der Waals surface area contributed by atoms with Crippen molar-refractivity contribution in [2.75, 3.05) is 6.54 Å². The Morgan fingerprint density at radius 1 is 1.03 bits per heavy atom. The van der Waals surface area contributed by atoms with E-state index in [-0.39, 0.29) is 23.4 Å². The molecule has 1 saturated heterocycles. The molecule has 2 heterocycles. The van der Waals surface area contributed by atoms with Crippen molar-refractivity contribution in [2.24, 2.45) is 12.8 Å². The van der Waals surface area contributed by atoms with Gasteiger partial charge in [-0.15, -0.1) is 5.10 Å². The van der Waals surface area contributed by atoms with Gasteiger partial charge < -0.3 is 10.6 Å². The summed E-state index contributed by atoms with van der Waals surface area (Å²) in [4.78, 5) is 28.7. The van der Waals surface area contributed by atoms with E-state index < -0.39 is 12.1 Å². The average Bonchev–Trinajstić information content (AvgIpc) is 3.55. The fourth-order valence-electron chi connectivity index (χ4n) is 5.34. The fourth-order valence-corrected chi connectivity index (χ4v) is 5.34. The highest BCUT2D eigenvalue weighted by Crippen LogP contribution is 2.34. The molecule has 2 N–H and O–H groups in total. The number of nitrogens with zero attached hydrogens (tertiary/aromatic N) is 4. The topological polar surface area (TPSA) is 94.1 Å². The van der Waals surface area contributed by atoms with E-state index >= 15 is 0 Å². The standard InChI is InChI=1S/C30H32FN5O2/c1-35-27-15-8-21(17-26(27)33-34-35)9-16-29(37)28-18-23(22-10-12-24(31)13-11-22)19-36(28)30(38)25(32)14-7-20-5-3-2-4-6-20/h2-6,8,10-13,15,17,23,25,28H,7,9,14,16,18-19,32H2,1H3. The molecule has 7 nitrogen and oxygen atoms in total. The van der Waals surface area contributed by atoms with Gasteiger partial charge in [0.2, 0.25) is 5.91 Å². The second kappa shape index (κ2) is 11.2. The molecule has 38 heavy (non-hydrogen) atoms. The molecule has 1 aromatic heterocycles. The number of aromatic nitrogens is 3. The van der Waals surface area contributed by atoms with Crippen LogP contribution in [0.25, 0.3) is 11.0 Å². The average molecular weight is 514 g/mol. The molecule has 3 atom stereocenters. The van der Waals surface area contributed by atoms with Gasteiger partial charge in [0, 0.05) is 25.9 Å². The normalized spacial score (nSPS) is 18.1. The molecule has 0 spiro atoms. The Bertz CT molecular complexity index is 1420. The monoisotopic (exact) mass is 513 g/mol. The number of rotatable bonds is 9. The van der Waals surface area contributed by atoms with Crippen molar-refractivity contribution >= 4 is 22.7 Å². The first-order valence-corrected chi connectivity index (χ1v) is 13.1. The Labute approximate surface area is 221 Å². The fraction of sp³-hybridized carbons (Fsp3) is 0.333. The summed E-state index contributed by atoms with van der Waals surface area (Å²) in [5.41, 5.74) is 11.1. The summed E-state index contributed by atoms with van der Waals surface area (Å²) < 4.78 is 15.2. The maximum atomic E-state index is 13.5. The van der Waals surface area contributed by atoms with Gasteiger partial charge in [-0.3, -0.25) is 9.59 Å². The summed E-state index contributed by atoms with van der Waals surface area (Å²) >= 11 is 0. The Hall–Kier alpha value is -3.91. The summed E-state index contributed by atoms with van der Waals surface area (Å²) in [6.07, 6.45) is 2.54. The van der Waals surface area contributed by atoms with E-state index in [0.29, 0.717) is 38.6 Å². The first kappa shape index (κ1) is 25.7. The van der Waals surface area contributed by atoms with Crippen LogP contribution in [0.1, 0.15) is 41.9 Å². The molecule has 0 radical (unpaired) electrons. The highest BCUT2D eigenvalue weighted by atomic mass is 19.1. The van der Waals surface area contributed by atoms with Gasteiger partial charge in [0.25, 0.3) is 0 Å². The number of nitrogens with two attached hydrogens (primary N) is 1. The van der Waals surface area contributed by atoms with E-state index in [2.05, 4.69) is 10.3 Å². The maximum absolute atomic E-state index is 13.5. The summed E-state index contributed by atoms with van der Waals surface area (Å²) in [7, 11) is 1.84. The number of amides is 1. The molecule has 0 aliphatic carbocycles. The number of carbonyl (C=O) groups excluding carboxylic acids is 2. The van der Waals surface area contributed by atoms with Crippen molar-refractivity contribution in [3.05, 3.63) is 95.3 Å². The molecule has 1 aliphatic heterocycles. The van der Waals surface area contributed by atoms with E-state index in [1.54, 1.807) is 21.7 Å². The number of benzene rings is 3. The number of aryl methyl sites for hydroxylation is 3. The number of Topliss-reactive ketones (excluding diaryl/α,β-unsaturated/α-hetero) is 1. The molecular weight excluding hydrogens is 481 g/mol. The van der Waals surface area contributed by atoms with Crippen LogP contribution in [-0.4, -0.2) is 50.2 Å². The number of likely N-dealkylation sites (tertiary alicyclic amines) is 1. The van der Waals surface area contributed by atoms with Crippen molar-refractivity contribution in [2.45, 2.75) is 50.1 Å². The molecule has 3 unspecified atom stereocenters. The van der Waals surface area contributed by atoms with Gasteiger partial charge in [0.1, 0.15) is 11.3 Å². The Morgan fingerprint density at radius 2 is 1.79 bits per heavy atom. The SMILES string of the molecule is Cn1nnc2cc(CCC(=O)C3CC(c4ccc(F)cc4)CN3C(=O)C(N)CCc3ccccc3)ccc21. The number of halogens is 1. The van der Waals surface area contributed by atoms with Gasteiger partial charge in [0.15, 0.2) is 5.78 Å². The molecule has 8 heteroatoms. The quantitative estimate of drug-likeness (QED) is 0.366. The summed E-state index contributed by atoms with van der Waals surface area (Å²) in [6.45, 7) is 0.394. The molecule has 1 fully saturated rings. The third-order valence-electron chi connectivity index (χ3n) is 7.54. The molecule has 0 saturated carbocycles. The van der Waals surface area contributed by atoms with Crippen LogP contribution in [-0.2, 0) is 29.5 Å². The lowest BCUT2D eigenvalue weighted by atomic mass is 9.93. The highest BCUT2D eigenvalue weighted by molar-refractivity contribution is 5.92. The van der Waals surface area contributed by atoms with Gasteiger partial charge >= 0.3 is 0 Å². The van der Waals surface area contributed by atoms with Crippen LogP contribution in [0.15, 0.2) is 72.8 Å². The summed E-state index contributed by atoms with van der Waals surface area (Å²) in [5, 5.41) is 8.20. The van der Waals surface area contributed by atoms with Crippen LogP contribution in [0, 0.1) is 5.82 Å². The lowest BCUT2D eigenvalue weighted by molar-refractivity contribution is -0.138. The van der Waals surface area contributed by atoms with Gasteiger partial charge in [-0.1, -0.05) is 53.7 Å². The predicted molar refractivity (Wildman–Crippen MR) is 144 cm³/mol. The van der Waals surface area contributed by atoms with E-state index in [1.807, 2.05) is 55.6 Å². The molecule has 1 aliphatic rings. The van der Waals surface area contributed by atoms with Crippen molar-refractivity contribution in [3.63, 3.8) is 0 Å². The molecular formula is C30H32FN5O2. The molecule has 1 amide bonds. The van der Waals surface area contributed by atoms with Crippen LogP contribution in [0.2, 0.25) is 0 Å². The highest BCUT2D eigenvalue weighted by Gasteiger charge is 2.40. The van der Waals surface area contributed by atoms with Crippen molar-refractivity contribution in [1.29, 1.82) is 0 Å². The van der Waals surface area contributed by atoms with E-state index in [4.69, 9.17) is 5.73 Å². The van der Waals surface area contributed by atoms with E-state index in [9.17, 15) is 14.0 Å². The summed E-state index contributed by atoms with van der Waals surface area (Å²) in [5.74, 6) is -0.552. The number of hydrogen-bond acceptors (Lipinski definition) is 5. The number of ketones is 1. The van der Waals surface area contributed by atoms with E-state index in [0.717, 1.165) is 27.7 Å². The zero-order valence-corrected chi connectivity index (χ0v) is 21.5.